The van der Waals surface area contributed by atoms with Crippen LogP contribution in [0.25, 0.3) is 0 Å². The maximum Gasteiger partial charge on any atom is 0.163 e. The van der Waals surface area contributed by atoms with Gasteiger partial charge in [0.25, 0.3) is 0 Å². The minimum Gasteiger partial charge on any atom is -0.497 e. The number of thiocarbonyl (C=S) groups is 1. The molecule has 0 saturated heterocycles. The van der Waals surface area contributed by atoms with Crippen LogP contribution in [0, 0.1) is 0 Å². The Labute approximate surface area is 121 Å². The molecule has 7 heteroatoms. The molecule has 0 fully saturated rings. The van der Waals surface area contributed by atoms with Crippen LogP contribution < -0.4 is 20.5 Å². The number of benzene rings is 1. The van der Waals surface area contributed by atoms with Gasteiger partial charge in [-0.25, -0.2) is 0 Å². The van der Waals surface area contributed by atoms with Crippen molar-refractivity contribution in [1.82, 2.24) is 10.2 Å². The Morgan fingerprint density at radius 2 is 2.05 bits per heavy atom. The molecule has 0 spiro atoms. The Hall–Kier alpha value is -2.41. The molecule has 0 radical (unpaired) electrons. The molecule has 0 bridgehead atoms. The number of rotatable bonds is 5. The van der Waals surface area contributed by atoms with Crippen molar-refractivity contribution in [2.75, 3.05) is 19.5 Å². The SMILES string of the molecule is COc1ccc(OC)c(Nc2nnccc2C(N)=S)c1. The van der Waals surface area contributed by atoms with Gasteiger partial charge in [0, 0.05) is 6.07 Å². The fourth-order valence-corrected chi connectivity index (χ4v) is 1.83. The Bertz CT molecular complexity index is 634. The Morgan fingerprint density at radius 1 is 1.25 bits per heavy atom. The quantitative estimate of drug-likeness (QED) is 0.813. The average Bonchev–Trinajstić information content (AvgIpc) is 2.47. The normalized spacial score (nSPS) is 9.90. The monoisotopic (exact) mass is 290 g/mol. The van der Waals surface area contributed by atoms with E-state index in [4.69, 9.17) is 27.4 Å². The summed E-state index contributed by atoms with van der Waals surface area (Å²) >= 11 is 4.99. The largest absolute Gasteiger partial charge is 0.497 e. The van der Waals surface area contributed by atoms with E-state index in [1.165, 1.54) is 6.20 Å². The summed E-state index contributed by atoms with van der Waals surface area (Å²) in [5, 5.41) is 10.9. The molecule has 0 aliphatic rings. The lowest BCUT2D eigenvalue weighted by atomic mass is 10.2. The predicted molar refractivity (Wildman–Crippen MR) is 80.7 cm³/mol. The zero-order valence-electron chi connectivity index (χ0n) is 11.1. The van der Waals surface area contributed by atoms with E-state index in [2.05, 4.69) is 15.5 Å². The van der Waals surface area contributed by atoms with Crippen LogP contribution in [0.3, 0.4) is 0 Å². The fourth-order valence-electron chi connectivity index (χ4n) is 1.66. The highest BCUT2D eigenvalue weighted by molar-refractivity contribution is 7.80. The first-order valence-corrected chi connectivity index (χ1v) is 6.17. The number of nitrogens with one attached hydrogen (secondary N) is 1. The summed E-state index contributed by atoms with van der Waals surface area (Å²) < 4.78 is 10.5. The molecule has 2 aromatic rings. The summed E-state index contributed by atoms with van der Waals surface area (Å²) in [6.07, 6.45) is 1.53. The molecule has 0 unspecified atom stereocenters. The van der Waals surface area contributed by atoms with Gasteiger partial charge in [0.05, 0.1) is 31.7 Å². The lowest BCUT2D eigenvalue weighted by molar-refractivity contribution is 0.405. The molecule has 6 nitrogen and oxygen atoms in total. The Kier molecular flexibility index (Phi) is 4.31. The maximum absolute atomic E-state index is 5.66. The molecule has 0 saturated carbocycles. The first-order valence-electron chi connectivity index (χ1n) is 5.76. The van der Waals surface area contributed by atoms with Gasteiger partial charge in [0.1, 0.15) is 16.5 Å². The lowest BCUT2D eigenvalue weighted by Gasteiger charge is -2.13. The molecule has 0 amide bonds. The number of nitrogens with zero attached hydrogens (tertiary/aromatic N) is 2. The van der Waals surface area contributed by atoms with Crippen molar-refractivity contribution in [2.24, 2.45) is 5.73 Å². The molecule has 104 valence electrons. The minimum absolute atomic E-state index is 0.240. The van der Waals surface area contributed by atoms with Crippen LogP contribution in [0.15, 0.2) is 30.5 Å². The summed E-state index contributed by atoms with van der Waals surface area (Å²) in [6, 6.07) is 7.08. The van der Waals surface area contributed by atoms with E-state index < -0.39 is 0 Å². The van der Waals surface area contributed by atoms with Crippen molar-refractivity contribution in [3.05, 3.63) is 36.0 Å². The van der Waals surface area contributed by atoms with Crippen molar-refractivity contribution in [3.63, 3.8) is 0 Å². The number of aromatic nitrogens is 2. The Morgan fingerprint density at radius 3 is 2.70 bits per heavy atom. The molecule has 1 aromatic carbocycles. The van der Waals surface area contributed by atoms with Crippen LogP contribution >= 0.6 is 12.2 Å². The lowest BCUT2D eigenvalue weighted by Crippen LogP contribution is -2.13. The number of ether oxygens (including phenoxy) is 2. The molecule has 0 aliphatic heterocycles. The zero-order chi connectivity index (χ0) is 14.5. The third kappa shape index (κ3) is 2.94. The van der Waals surface area contributed by atoms with Crippen molar-refractivity contribution in [1.29, 1.82) is 0 Å². The summed E-state index contributed by atoms with van der Waals surface area (Å²) in [6.45, 7) is 0. The molecule has 20 heavy (non-hydrogen) atoms. The third-order valence-electron chi connectivity index (χ3n) is 2.65. The van der Waals surface area contributed by atoms with E-state index in [-0.39, 0.29) is 4.99 Å². The smallest absolute Gasteiger partial charge is 0.163 e. The second kappa shape index (κ2) is 6.16. The highest BCUT2D eigenvalue weighted by Gasteiger charge is 2.11. The number of nitrogens with two attached hydrogens (primary N) is 1. The summed E-state index contributed by atoms with van der Waals surface area (Å²) in [5.74, 6) is 1.80. The molecule has 0 aliphatic carbocycles. The standard InChI is InChI=1S/C13H14N4O2S/c1-18-8-3-4-11(19-2)10(7-8)16-13-9(12(14)20)5-6-15-17-13/h3-7H,1-2H3,(H2,14,20)(H,16,17). The van der Waals surface area contributed by atoms with Gasteiger partial charge in [0.15, 0.2) is 5.82 Å². The minimum atomic E-state index is 0.240. The van der Waals surface area contributed by atoms with E-state index in [9.17, 15) is 0 Å². The summed E-state index contributed by atoms with van der Waals surface area (Å²) in [7, 11) is 3.17. The Balaban J connectivity index is 2.41. The number of hydrogen-bond acceptors (Lipinski definition) is 6. The van der Waals surface area contributed by atoms with Crippen molar-refractivity contribution >= 4 is 28.7 Å². The van der Waals surface area contributed by atoms with Gasteiger partial charge < -0.3 is 20.5 Å². The second-order valence-corrected chi connectivity index (χ2v) is 4.29. The van der Waals surface area contributed by atoms with Gasteiger partial charge in [-0.2, -0.15) is 5.10 Å². The number of methoxy groups -OCH3 is 2. The predicted octanol–water partition coefficient (Wildman–Crippen LogP) is 1.87. The van der Waals surface area contributed by atoms with Gasteiger partial charge in [-0.3, -0.25) is 0 Å². The van der Waals surface area contributed by atoms with E-state index in [1.807, 2.05) is 0 Å². The summed E-state index contributed by atoms with van der Waals surface area (Å²) in [5.41, 5.74) is 6.96. The van der Waals surface area contributed by atoms with E-state index in [1.54, 1.807) is 38.5 Å². The van der Waals surface area contributed by atoms with Gasteiger partial charge in [-0.1, -0.05) is 12.2 Å². The van der Waals surface area contributed by atoms with E-state index in [0.717, 1.165) is 0 Å². The van der Waals surface area contributed by atoms with Crippen LogP contribution in [-0.2, 0) is 0 Å². The van der Waals surface area contributed by atoms with Gasteiger partial charge in [-0.05, 0) is 18.2 Å². The fraction of sp³-hybridized carbons (Fsp3) is 0.154. The first-order chi connectivity index (χ1) is 9.65. The molecule has 0 atom stereocenters. The van der Waals surface area contributed by atoms with Crippen LogP contribution in [-0.4, -0.2) is 29.4 Å². The van der Waals surface area contributed by atoms with Crippen LogP contribution in [0.1, 0.15) is 5.56 Å². The van der Waals surface area contributed by atoms with Crippen molar-refractivity contribution in [3.8, 4) is 11.5 Å². The maximum atomic E-state index is 5.66. The number of anilines is 2. The first kappa shape index (κ1) is 14.0. The topological polar surface area (TPSA) is 82.3 Å². The highest BCUT2D eigenvalue weighted by atomic mass is 32.1. The summed E-state index contributed by atoms with van der Waals surface area (Å²) in [4.78, 5) is 0.240. The van der Waals surface area contributed by atoms with Crippen LogP contribution in [0.4, 0.5) is 11.5 Å². The molecular weight excluding hydrogens is 276 g/mol. The van der Waals surface area contributed by atoms with Crippen LogP contribution in [0.5, 0.6) is 11.5 Å². The second-order valence-electron chi connectivity index (χ2n) is 3.85. The molecule has 1 heterocycles. The third-order valence-corrected chi connectivity index (χ3v) is 2.87. The number of hydrogen-bond donors (Lipinski definition) is 2. The molecule has 3 N–H and O–H groups in total. The molecular formula is C13H14N4O2S. The molecule has 2 rings (SSSR count). The van der Waals surface area contributed by atoms with Crippen molar-refractivity contribution < 1.29 is 9.47 Å². The molecule has 1 aromatic heterocycles. The van der Waals surface area contributed by atoms with Gasteiger partial charge in [-0.15, -0.1) is 5.10 Å². The average molecular weight is 290 g/mol. The van der Waals surface area contributed by atoms with E-state index >= 15 is 0 Å². The van der Waals surface area contributed by atoms with E-state index in [0.29, 0.717) is 28.6 Å². The van der Waals surface area contributed by atoms with Crippen LogP contribution in [0.2, 0.25) is 0 Å². The van der Waals surface area contributed by atoms with Crippen molar-refractivity contribution in [2.45, 2.75) is 0 Å². The van der Waals surface area contributed by atoms with Gasteiger partial charge >= 0.3 is 0 Å². The zero-order valence-corrected chi connectivity index (χ0v) is 11.9. The van der Waals surface area contributed by atoms with Gasteiger partial charge in [0.2, 0.25) is 0 Å². The highest BCUT2D eigenvalue weighted by Crippen LogP contribution is 2.31.